The van der Waals surface area contributed by atoms with Crippen LogP contribution in [0.2, 0.25) is 5.02 Å². The third-order valence-corrected chi connectivity index (χ3v) is 5.14. The highest BCUT2D eigenvalue weighted by atomic mass is 35.5. The Morgan fingerprint density at radius 2 is 1.84 bits per heavy atom. The van der Waals surface area contributed by atoms with Gasteiger partial charge in [0.1, 0.15) is 6.54 Å². The van der Waals surface area contributed by atoms with Crippen LogP contribution in [0.1, 0.15) is 5.56 Å². The van der Waals surface area contributed by atoms with E-state index in [1.54, 1.807) is 24.3 Å². The summed E-state index contributed by atoms with van der Waals surface area (Å²) in [6, 6.07) is 11.8. The lowest BCUT2D eigenvalue weighted by Crippen LogP contribution is -2.39. The van der Waals surface area contributed by atoms with Gasteiger partial charge in [-0.3, -0.25) is 14.9 Å². The van der Waals surface area contributed by atoms with E-state index in [9.17, 15) is 28.1 Å². The molecule has 0 bridgehead atoms. The minimum atomic E-state index is -4.68. The molecular formula is C19H14ClF3N4O4S. The van der Waals surface area contributed by atoms with Crippen LogP contribution in [0.25, 0.3) is 11.5 Å². The van der Waals surface area contributed by atoms with Crippen molar-refractivity contribution >= 4 is 35.0 Å². The maximum atomic E-state index is 13.0. The summed E-state index contributed by atoms with van der Waals surface area (Å²) >= 11 is 6.58. The van der Waals surface area contributed by atoms with Crippen molar-refractivity contribution in [2.45, 2.75) is 17.9 Å². The Hall–Kier alpha value is -3.12. The number of carbonyl (C=O) groups is 1. The highest BCUT2D eigenvalue weighted by molar-refractivity contribution is 7.99. The monoisotopic (exact) mass is 486 g/mol. The topological polar surface area (TPSA) is 102 Å². The number of hydrogen-bond donors (Lipinski definition) is 0. The molecule has 1 amide bonds. The summed E-state index contributed by atoms with van der Waals surface area (Å²) in [6.07, 6.45) is -4.68. The molecule has 3 aromatic rings. The number of para-hydroxylation sites is 1. The predicted octanol–water partition coefficient (Wildman–Crippen LogP) is 4.98. The van der Waals surface area contributed by atoms with Gasteiger partial charge >= 0.3 is 6.18 Å². The van der Waals surface area contributed by atoms with E-state index in [2.05, 4.69) is 10.2 Å². The number of nitro groups is 1. The van der Waals surface area contributed by atoms with Crippen molar-refractivity contribution in [2.24, 2.45) is 0 Å². The second-order valence-electron chi connectivity index (χ2n) is 6.42. The molecule has 2 aromatic carbocycles. The molecule has 0 aliphatic heterocycles. The second-order valence-corrected chi connectivity index (χ2v) is 7.78. The first-order valence-electron chi connectivity index (χ1n) is 8.91. The molecule has 13 heteroatoms. The Bertz CT molecular complexity index is 1110. The van der Waals surface area contributed by atoms with Gasteiger partial charge < -0.3 is 9.32 Å². The normalized spacial score (nSPS) is 11.4. The fraction of sp³-hybridized carbons (Fsp3) is 0.211. The lowest BCUT2D eigenvalue weighted by molar-refractivity contribution is -0.385. The summed E-state index contributed by atoms with van der Waals surface area (Å²) in [5.41, 5.74) is 0.197. The van der Waals surface area contributed by atoms with Crippen LogP contribution in [0, 0.1) is 10.1 Å². The van der Waals surface area contributed by atoms with E-state index in [0.29, 0.717) is 15.5 Å². The molecule has 3 rings (SSSR count). The van der Waals surface area contributed by atoms with Crippen molar-refractivity contribution < 1.29 is 27.3 Å². The smallest absolute Gasteiger partial charge is 0.406 e. The Morgan fingerprint density at radius 3 is 2.50 bits per heavy atom. The molecular weight excluding hydrogens is 473 g/mol. The molecule has 0 atom stereocenters. The molecule has 0 radical (unpaired) electrons. The summed E-state index contributed by atoms with van der Waals surface area (Å²) < 4.78 is 44.5. The lowest BCUT2D eigenvalue weighted by Gasteiger charge is -2.23. The first-order valence-corrected chi connectivity index (χ1v) is 10.3. The fourth-order valence-electron chi connectivity index (χ4n) is 2.67. The van der Waals surface area contributed by atoms with Crippen molar-refractivity contribution in [1.82, 2.24) is 15.1 Å². The van der Waals surface area contributed by atoms with Gasteiger partial charge in [-0.2, -0.15) is 13.2 Å². The van der Waals surface area contributed by atoms with Crippen LogP contribution in [0.5, 0.6) is 0 Å². The Kier molecular flexibility index (Phi) is 7.36. The van der Waals surface area contributed by atoms with Gasteiger partial charge in [0.15, 0.2) is 0 Å². The summed E-state index contributed by atoms with van der Waals surface area (Å²) in [7, 11) is 0. The zero-order valence-electron chi connectivity index (χ0n) is 16.1. The van der Waals surface area contributed by atoms with E-state index in [0.717, 1.165) is 17.8 Å². The van der Waals surface area contributed by atoms with Crippen molar-refractivity contribution in [2.75, 3.05) is 12.3 Å². The average molecular weight is 487 g/mol. The zero-order valence-corrected chi connectivity index (χ0v) is 17.7. The molecule has 0 aliphatic carbocycles. The zero-order chi connectivity index (χ0) is 23.3. The van der Waals surface area contributed by atoms with Gasteiger partial charge in [-0.25, -0.2) is 0 Å². The number of halogens is 4. The molecule has 32 heavy (non-hydrogen) atoms. The van der Waals surface area contributed by atoms with Gasteiger partial charge in [0.2, 0.25) is 11.8 Å². The minimum Gasteiger partial charge on any atom is -0.411 e. The van der Waals surface area contributed by atoms with Crippen LogP contribution in [0.4, 0.5) is 18.9 Å². The summed E-state index contributed by atoms with van der Waals surface area (Å²) in [4.78, 5) is 23.5. The molecule has 1 heterocycles. The van der Waals surface area contributed by atoms with E-state index < -0.39 is 35.8 Å². The number of aromatic nitrogens is 2. The van der Waals surface area contributed by atoms with Gasteiger partial charge in [0.05, 0.1) is 17.2 Å². The van der Waals surface area contributed by atoms with Crippen LogP contribution in [0.3, 0.4) is 0 Å². The maximum absolute atomic E-state index is 13.0. The Morgan fingerprint density at radius 1 is 1.16 bits per heavy atom. The largest absolute Gasteiger partial charge is 0.411 e. The Balaban J connectivity index is 1.71. The van der Waals surface area contributed by atoms with Gasteiger partial charge in [-0.05, 0) is 24.3 Å². The van der Waals surface area contributed by atoms with Crippen LogP contribution >= 0.6 is 23.4 Å². The number of alkyl halides is 3. The van der Waals surface area contributed by atoms with Crippen LogP contribution < -0.4 is 0 Å². The van der Waals surface area contributed by atoms with Crippen molar-refractivity contribution in [3.05, 3.63) is 69.2 Å². The first-order chi connectivity index (χ1) is 15.1. The molecule has 0 fully saturated rings. The molecule has 0 saturated heterocycles. The number of nitrogens with zero attached hydrogens (tertiary/aromatic N) is 4. The number of benzene rings is 2. The minimum absolute atomic E-state index is 0.0112. The quantitative estimate of drug-likeness (QED) is 0.251. The van der Waals surface area contributed by atoms with E-state index in [-0.39, 0.29) is 22.4 Å². The number of carbonyl (C=O) groups excluding carboxylic acids is 1. The maximum Gasteiger partial charge on any atom is 0.406 e. The van der Waals surface area contributed by atoms with Gasteiger partial charge in [-0.15, -0.1) is 10.2 Å². The fourth-order valence-corrected chi connectivity index (χ4v) is 3.46. The van der Waals surface area contributed by atoms with Crippen molar-refractivity contribution in [3.63, 3.8) is 0 Å². The highest BCUT2D eigenvalue weighted by Crippen LogP contribution is 2.27. The van der Waals surface area contributed by atoms with Crippen molar-refractivity contribution in [3.8, 4) is 11.5 Å². The molecule has 0 saturated carbocycles. The van der Waals surface area contributed by atoms with Gasteiger partial charge in [0, 0.05) is 22.2 Å². The summed E-state index contributed by atoms with van der Waals surface area (Å²) in [5.74, 6) is -1.17. The average Bonchev–Trinajstić information content (AvgIpc) is 3.20. The number of thioether (sulfide) groups is 1. The molecule has 0 N–H and O–H groups in total. The summed E-state index contributed by atoms with van der Waals surface area (Å²) in [5, 5.41) is 19.3. The highest BCUT2D eigenvalue weighted by Gasteiger charge is 2.34. The third-order valence-electron chi connectivity index (χ3n) is 4.09. The van der Waals surface area contributed by atoms with E-state index >= 15 is 0 Å². The standard InChI is InChI=1S/C19H14ClF3N4O4S/c20-14-7-5-12(6-8-14)17-24-25-18(31-17)32-10-16(28)26(11-19(21,22)23)9-13-3-1-2-4-15(13)27(29)30/h1-8H,9-11H2. The molecule has 0 unspecified atom stereocenters. The third kappa shape index (κ3) is 6.44. The van der Waals surface area contributed by atoms with E-state index in [4.69, 9.17) is 16.0 Å². The van der Waals surface area contributed by atoms with Crippen LogP contribution in [0.15, 0.2) is 58.2 Å². The molecule has 1 aromatic heterocycles. The number of nitro benzene ring substituents is 1. The van der Waals surface area contributed by atoms with E-state index in [1.165, 1.54) is 18.2 Å². The lowest BCUT2D eigenvalue weighted by atomic mass is 10.1. The number of rotatable bonds is 8. The number of hydrogen-bond acceptors (Lipinski definition) is 7. The van der Waals surface area contributed by atoms with Crippen LogP contribution in [-0.2, 0) is 11.3 Å². The Labute approximate surface area is 188 Å². The summed E-state index contributed by atoms with van der Waals surface area (Å²) in [6.45, 7) is -2.13. The molecule has 8 nitrogen and oxygen atoms in total. The SMILES string of the molecule is O=C(CSc1nnc(-c2ccc(Cl)cc2)o1)N(Cc1ccccc1[N+](=O)[O-])CC(F)(F)F. The van der Waals surface area contributed by atoms with Gasteiger partial charge in [-0.1, -0.05) is 41.6 Å². The van der Waals surface area contributed by atoms with Gasteiger partial charge in [0.25, 0.3) is 10.9 Å². The molecule has 0 spiro atoms. The first kappa shape index (κ1) is 23.5. The molecule has 0 aliphatic rings. The predicted molar refractivity (Wildman–Crippen MR) is 110 cm³/mol. The second kappa shape index (κ2) is 10.0. The van der Waals surface area contributed by atoms with Crippen molar-refractivity contribution in [1.29, 1.82) is 0 Å². The van der Waals surface area contributed by atoms with Crippen LogP contribution in [-0.4, -0.2) is 44.4 Å². The molecule has 168 valence electrons. The number of amides is 1. The van der Waals surface area contributed by atoms with E-state index in [1.807, 2.05) is 0 Å².